The number of alkyl halides is 1. The molecule has 1 heterocycles. The fourth-order valence-electron chi connectivity index (χ4n) is 1.44. The Morgan fingerprint density at radius 1 is 1.55 bits per heavy atom. The summed E-state index contributed by atoms with van der Waals surface area (Å²) in [4.78, 5) is 0. The van der Waals surface area contributed by atoms with Gasteiger partial charge < -0.3 is 5.32 Å². The first-order valence-electron chi connectivity index (χ1n) is 3.96. The molecule has 2 atom stereocenters. The van der Waals surface area contributed by atoms with E-state index in [9.17, 15) is 4.39 Å². The SMILES string of the molecule is CC(C)C1(C)NCCC1F.Cl. The van der Waals surface area contributed by atoms with Crippen molar-refractivity contribution in [3.63, 3.8) is 0 Å². The van der Waals surface area contributed by atoms with Gasteiger partial charge in [0.15, 0.2) is 0 Å². The Morgan fingerprint density at radius 2 is 2.09 bits per heavy atom. The van der Waals surface area contributed by atoms with E-state index in [1.807, 2.05) is 6.92 Å². The van der Waals surface area contributed by atoms with Crippen molar-refractivity contribution >= 4 is 12.4 Å². The molecule has 1 aliphatic rings. The minimum Gasteiger partial charge on any atom is -0.309 e. The summed E-state index contributed by atoms with van der Waals surface area (Å²) in [5, 5.41) is 3.21. The molecular weight excluding hydrogens is 165 g/mol. The topological polar surface area (TPSA) is 12.0 Å². The molecule has 0 aromatic carbocycles. The number of hydrogen-bond acceptors (Lipinski definition) is 1. The Bertz CT molecular complexity index is 129. The smallest absolute Gasteiger partial charge is 0.119 e. The van der Waals surface area contributed by atoms with Crippen molar-refractivity contribution in [3.05, 3.63) is 0 Å². The van der Waals surface area contributed by atoms with Crippen LogP contribution in [0.25, 0.3) is 0 Å². The van der Waals surface area contributed by atoms with Crippen molar-refractivity contribution in [1.29, 1.82) is 0 Å². The Morgan fingerprint density at radius 3 is 2.27 bits per heavy atom. The Labute approximate surface area is 74.2 Å². The van der Waals surface area contributed by atoms with Gasteiger partial charge in [0, 0.05) is 5.54 Å². The third-order valence-electron chi connectivity index (χ3n) is 2.75. The summed E-state index contributed by atoms with van der Waals surface area (Å²) in [5.41, 5.74) is -0.264. The molecule has 11 heavy (non-hydrogen) atoms. The van der Waals surface area contributed by atoms with Gasteiger partial charge in [-0.3, -0.25) is 0 Å². The highest BCUT2D eigenvalue weighted by atomic mass is 35.5. The molecule has 2 unspecified atom stereocenters. The van der Waals surface area contributed by atoms with E-state index in [-0.39, 0.29) is 17.9 Å². The van der Waals surface area contributed by atoms with Crippen LogP contribution < -0.4 is 5.32 Å². The van der Waals surface area contributed by atoms with Crippen LogP contribution in [0.2, 0.25) is 0 Å². The van der Waals surface area contributed by atoms with Gasteiger partial charge in [-0.1, -0.05) is 13.8 Å². The van der Waals surface area contributed by atoms with Crippen molar-refractivity contribution in [1.82, 2.24) is 5.32 Å². The van der Waals surface area contributed by atoms with Crippen molar-refractivity contribution in [2.45, 2.75) is 38.9 Å². The second-order valence-electron chi connectivity index (χ2n) is 3.62. The number of rotatable bonds is 1. The zero-order valence-electron chi connectivity index (χ0n) is 7.36. The first-order valence-corrected chi connectivity index (χ1v) is 3.96. The molecule has 68 valence electrons. The van der Waals surface area contributed by atoms with Crippen LogP contribution in [0.3, 0.4) is 0 Å². The van der Waals surface area contributed by atoms with Crippen LogP contribution in [-0.2, 0) is 0 Å². The number of nitrogens with one attached hydrogen (secondary N) is 1. The lowest BCUT2D eigenvalue weighted by Crippen LogP contribution is -2.47. The minimum atomic E-state index is -0.660. The molecule has 0 aromatic heterocycles. The lowest BCUT2D eigenvalue weighted by molar-refractivity contribution is 0.166. The third kappa shape index (κ3) is 1.85. The molecule has 1 aliphatic heterocycles. The quantitative estimate of drug-likeness (QED) is 0.654. The highest BCUT2D eigenvalue weighted by molar-refractivity contribution is 5.85. The van der Waals surface area contributed by atoms with Gasteiger partial charge in [-0.15, -0.1) is 12.4 Å². The van der Waals surface area contributed by atoms with E-state index in [0.717, 1.165) is 6.54 Å². The van der Waals surface area contributed by atoms with Crippen LogP contribution in [0.4, 0.5) is 4.39 Å². The van der Waals surface area contributed by atoms with Crippen LogP contribution >= 0.6 is 12.4 Å². The normalized spacial score (nSPS) is 37.4. The van der Waals surface area contributed by atoms with Crippen LogP contribution in [0, 0.1) is 5.92 Å². The predicted molar refractivity (Wildman–Crippen MR) is 48.0 cm³/mol. The first kappa shape index (κ1) is 11.2. The average molecular weight is 182 g/mol. The number of hydrogen-bond donors (Lipinski definition) is 1. The Kier molecular flexibility index (Phi) is 3.78. The third-order valence-corrected chi connectivity index (χ3v) is 2.75. The van der Waals surface area contributed by atoms with E-state index in [0.29, 0.717) is 12.3 Å². The summed E-state index contributed by atoms with van der Waals surface area (Å²) in [6, 6.07) is 0. The van der Waals surface area contributed by atoms with Gasteiger partial charge in [0.1, 0.15) is 6.17 Å². The molecule has 1 saturated heterocycles. The van der Waals surface area contributed by atoms with Gasteiger partial charge in [0.05, 0.1) is 0 Å². The second-order valence-corrected chi connectivity index (χ2v) is 3.62. The van der Waals surface area contributed by atoms with E-state index in [1.54, 1.807) is 0 Å². The van der Waals surface area contributed by atoms with Gasteiger partial charge in [0.2, 0.25) is 0 Å². The lowest BCUT2D eigenvalue weighted by atomic mass is 9.86. The summed E-state index contributed by atoms with van der Waals surface area (Å²) < 4.78 is 13.2. The van der Waals surface area contributed by atoms with E-state index < -0.39 is 6.17 Å². The molecule has 0 radical (unpaired) electrons. The van der Waals surface area contributed by atoms with Crippen molar-refractivity contribution in [3.8, 4) is 0 Å². The molecule has 3 heteroatoms. The number of halogens is 2. The average Bonchev–Trinajstić information content (AvgIpc) is 2.15. The largest absolute Gasteiger partial charge is 0.309 e. The highest BCUT2D eigenvalue weighted by Gasteiger charge is 2.40. The Hall–Kier alpha value is 0.180. The van der Waals surface area contributed by atoms with Crippen molar-refractivity contribution in [2.24, 2.45) is 5.92 Å². The molecule has 1 rings (SSSR count). The summed E-state index contributed by atoms with van der Waals surface area (Å²) in [6.45, 7) is 6.92. The fourth-order valence-corrected chi connectivity index (χ4v) is 1.44. The van der Waals surface area contributed by atoms with E-state index in [4.69, 9.17) is 0 Å². The molecule has 0 spiro atoms. The minimum absolute atomic E-state index is 0. The van der Waals surface area contributed by atoms with Crippen molar-refractivity contribution in [2.75, 3.05) is 6.54 Å². The van der Waals surface area contributed by atoms with Crippen molar-refractivity contribution < 1.29 is 4.39 Å². The van der Waals surface area contributed by atoms with E-state index in [2.05, 4.69) is 19.2 Å². The first-order chi connectivity index (χ1) is 4.57. The highest BCUT2D eigenvalue weighted by Crippen LogP contribution is 2.29. The zero-order valence-corrected chi connectivity index (χ0v) is 8.17. The standard InChI is InChI=1S/C8H16FN.ClH/c1-6(2)8(3)7(9)4-5-10-8;/h6-7,10H,4-5H2,1-3H3;1H. The van der Waals surface area contributed by atoms with Gasteiger partial charge >= 0.3 is 0 Å². The monoisotopic (exact) mass is 181 g/mol. The molecule has 0 bridgehead atoms. The maximum Gasteiger partial charge on any atom is 0.119 e. The molecule has 0 saturated carbocycles. The molecule has 0 aromatic rings. The maximum absolute atomic E-state index is 13.2. The molecule has 1 fully saturated rings. The fraction of sp³-hybridized carbons (Fsp3) is 1.00. The maximum atomic E-state index is 13.2. The summed E-state index contributed by atoms with van der Waals surface area (Å²) in [6.07, 6.45) is 0.0156. The van der Waals surface area contributed by atoms with Gasteiger partial charge in [-0.25, -0.2) is 4.39 Å². The summed E-state index contributed by atoms with van der Waals surface area (Å²) in [7, 11) is 0. The van der Waals surface area contributed by atoms with Crippen LogP contribution in [0.5, 0.6) is 0 Å². The second kappa shape index (κ2) is 3.72. The molecular formula is C8H17ClFN. The van der Waals surface area contributed by atoms with Gasteiger partial charge in [-0.05, 0) is 25.8 Å². The summed E-state index contributed by atoms with van der Waals surface area (Å²) >= 11 is 0. The van der Waals surface area contributed by atoms with Crippen LogP contribution in [-0.4, -0.2) is 18.3 Å². The molecule has 0 aliphatic carbocycles. The Balaban J connectivity index is 0.000001000. The lowest BCUT2D eigenvalue weighted by Gasteiger charge is -2.31. The molecule has 1 nitrogen and oxygen atoms in total. The summed E-state index contributed by atoms with van der Waals surface area (Å²) in [5.74, 6) is 0.380. The zero-order chi connectivity index (χ0) is 7.78. The van der Waals surface area contributed by atoms with Gasteiger partial charge in [-0.2, -0.15) is 0 Å². The molecule has 1 N–H and O–H groups in total. The van der Waals surface area contributed by atoms with E-state index in [1.165, 1.54) is 0 Å². The van der Waals surface area contributed by atoms with Gasteiger partial charge in [0.25, 0.3) is 0 Å². The van der Waals surface area contributed by atoms with Crippen LogP contribution in [0.1, 0.15) is 27.2 Å². The molecule has 0 amide bonds. The predicted octanol–water partition coefficient (Wildman–Crippen LogP) is 2.15. The van der Waals surface area contributed by atoms with Crippen LogP contribution in [0.15, 0.2) is 0 Å². The van der Waals surface area contributed by atoms with E-state index >= 15 is 0 Å².